The predicted molar refractivity (Wildman–Crippen MR) is 96.7 cm³/mol. The van der Waals surface area contributed by atoms with Gasteiger partial charge in [0, 0.05) is 10.9 Å². The lowest BCUT2D eigenvalue weighted by Gasteiger charge is -2.14. The molecule has 1 N–H and O–H groups in total. The maximum absolute atomic E-state index is 9.90. The Morgan fingerprint density at radius 2 is 1.88 bits per heavy atom. The Labute approximate surface area is 142 Å². The highest BCUT2D eigenvalue weighted by atomic mass is 16.3. The number of nitriles is 1. The van der Waals surface area contributed by atoms with Gasteiger partial charge < -0.3 is 5.11 Å². The highest BCUT2D eigenvalue weighted by Crippen LogP contribution is 2.35. The number of hydrogen-bond acceptors (Lipinski definition) is 3. The Hall–Kier alpha value is -2.86. The molecule has 0 bridgehead atoms. The van der Waals surface area contributed by atoms with Gasteiger partial charge in [-0.15, -0.1) is 0 Å². The van der Waals surface area contributed by atoms with E-state index in [0.29, 0.717) is 11.5 Å². The van der Waals surface area contributed by atoms with Crippen LogP contribution in [0.5, 0.6) is 5.75 Å². The lowest BCUT2D eigenvalue weighted by molar-refractivity contribution is 0.476. The number of hydrogen-bond donors (Lipinski definition) is 1. The van der Waals surface area contributed by atoms with Crippen LogP contribution >= 0.6 is 0 Å². The molecule has 120 valence electrons. The second-order valence-corrected chi connectivity index (χ2v) is 6.42. The third-order valence-corrected chi connectivity index (χ3v) is 4.18. The molecule has 0 amide bonds. The summed E-state index contributed by atoms with van der Waals surface area (Å²) in [6, 6.07) is 17.4. The van der Waals surface area contributed by atoms with Gasteiger partial charge >= 0.3 is 0 Å². The molecule has 0 saturated carbocycles. The van der Waals surface area contributed by atoms with Crippen molar-refractivity contribution in [1.29, 1.82) is 5.26 Å². The number of nitrogens with zero attached hydrogens (tertiary/aromatic N) is 2. The van der Waals surface area contributed by atoms with E-state index < -0.39 is 0 Å². The molecule has 0 radical (unpaired) electrons. The molecule has 0 spiro atoms. The normalized spacial score (nSPS) is 10.9. The van der Waals surface area contributed by atoms with Crippen LogP contribution in [0.3, 0.4) is 0 Å². The van der Waals surface area contributed by atoms with Gasteiger partial charge in [-0.05, 0) is 42.5 Å². The number of aryl methyl sites for hydroxylation is 1. The lowest BCUT2D eigenvalue weighted by Crippen LogP contribution is -2.02. The molecule has 0 aliphatic rings. The molecule has 1 aromatic heterocycles. The number of aromatic nitrogens is 1. The fourth-order valence-corrected chi connectivity index (χ4v) is 2.93. The highest BCUT2D eigenvalue weighted by Gasteiger charge is 2.17. The van der Waals surface area contributed by atoms with Crippen molar-refractivity contribution in [3.8, 4) is 22.9 Å². The third-order valence-electron chi connectivity index (χ3n) is 4.18. The van der Waals surface area contributed by atoms with Gasteiger partial charge in [0.25, 0.3) is 0 Å². The van der Waals surface area contributed by atoms with Crippen molar-refractivity contribution >= 4 is 10.9 Å². The summed E-state index contributed by atoms with van der Waals surface area (Å²) in [6.45, 7) is 4.34. The van der Waals surface area contributed by atoms with Crippen molar-refractivity contribution in [1.82, 2.24) is 4.98 Å². The zero-order chi connectivity index (χ0) is 17.1. The van der Waals surface area contributed by atoms with Crippen molar-refractivity contribution in [3.63, 3.8) is 0 Å². The molecule has 3 aromatic rings. The number of aromatic hydroxyl groups is 1. The first kappa shape index (κ1) is 16.0. The summed E-state index contributed by atoms with van der Waals surface area (Å²) in [6.07, 6.45) is 1.76. The summed E-state index contributed by atoms with van der Waals surface area (Å²) in [7, 11) is 0. The first-order chi connectivity index (χ1) is 11.6. The van der Waals surface area contributed by atoms with Crippen molar-refractivity contribution in [3.05, 3.63) is 59.8 Å². The maximum Gasteiger partial charge on any atom is 0.116 e. The second kappa shape index (κ2) is 6.72. The summed E-state index contributed by atoms with van der Waals surface area (Å²) < 4.78 is 0. The van der Waals surface area contributed by atoms with Crippen LogP contribution in [0.25, 0.3) is 22.0 Å². The van der Waals surface area contributed by atoms with Crippen LogP contribution in [0.1, 0.15) is 31.5 Å². The van der Waals surface area contributed by atoms with Crippen molar-refractivity contribution < 1.29 is 5.11 Å². The summed E-state index contributed by atoms with van der Waals surface area (Å²) in [5.41, 5.74) is 4.09. The molecule has 2 aromatic carbocycles. The van der Waals surface area contributed by atoms with E-state index in [1.165, 1.54) is 0 Å². The van der Waals surface area contributed by atoms with E-state index in [1.54, 1.807) is 12.1 Å². The van der Waals surface area contributed by atoms with Gasteiger partial charge in [-0.1, -0.05) is 44.2 Å². The molecule has 1 heterocycles. The van der Waals surface area contributed by atoms with Gasteiger partial charge in [0.1, 0.15) is 11.8 Å². The van der Waals surface area contributed by atoms with E-state index in [0.717, 1.165) is 40.6 Å². The molecule has 0 unspecified atom stereocenters. The van der Waals surface area contributed by atoms with Crippen LogP contribution < -0.4 is 0 Å². The standard InChI is InChI=1S/C21H20N2O/c1-14(2)8-10-20-18(13-22)21(15-6-4-3-5-7-15)17-12-16(24)9-11-19(17)23-20/h3-7,9,11-12,14,24H,8,10H2,1-2H3. The summed E-state index contributed by atoms with van der Waals surface area (Å²) in [4.78, 5) is 4.71. The number of pyridine rings is 1. The minimum Gasteiger partial charge on any atom is -0.508 e. The van der Waals surface area contributed by atoms with E-state index in [4.69, 9.17) is 4.98 Å². The highest BCUT2D eigenvalue weighted by molar-refractivity contribution is 5.98. The average molecular weight is 316 g/mol. The van der Waals surface area contributed by atoms with Gasteiger partial charge in [0.15, 0.2) is 0 Å². The lowest BCUT2D eigenvalue weighted by atomic mass is 9.92. The molecule has 0 saturated heterocycles. The molecule has 24 heavy (non-hydrogen) atoms. The number of phenolic OH excluding ortho intramolecular Hbond substituents is 1. The molecular formula is C21H20N2O. The van der Waals surface area contributed by atoms with Crippen LogP contribution in [0.2, 0.25) is 0 Å². The van der Waals surface area contributed by atoms with Crippen molar-refractivity contribution in [2.24, 2.45) is 5.92 Å². The maximum atomic E-state index is 9.90. The quantitative estimate of drug-likeness (QED) is 0.731. The minimum absolute atomic E-state index is 0.181. The average Bonchev–Trinajstić information content (AvgIpc) is 2.59. The van der Waals surface area contributed by atoms with Gasteiger partial charge in [-0.3, -0.25) is 4.98 Å². The zero-order valence-corrected chi connectivity index (χ0v) is 14.0. The van der Waals surface area contributed by atoms with Crippen LogP contribution in [0, 0.1) is 17.2 Å². The van der Waals surface area contributed by atoms with E-state index in [9.17, 15) is 10.4 Å². The first-order valence-electron chi connectivity index (χ1n) is 8.21. The van der Waals surface area contributed by atoms with E-state index >= 15 is 0 Å². The fraction of sp³-hybridized carbons (Fsp3) is 0.238. The molecule has 0 aliphatic heterocycles. The minimum atomic E-state index is 0.181. The molecule has 3 rings (SSSR count). The summed E-state index contributed by atoms with van der Waals surface area (Å²) >= 11 is 0. The Bertz CT molecular complexity index is 909. The molecule has 3 heteroatoms. The zero-order valence-electron chi connectivity index (χ0n) is 14.0. The molecule has 0 fully saturated rings. The predicted octanol–water partition coefficient (Wildman–Crippen LogP) is 5.07. The first-order valence-corrected chi connectivity index (χ1v) is 8.21. The van der Waals surface area contributed by atoms with Crippen LogP contribution in [0.4, 0.5) is 0 Å². The van der Waals surface area contributed by atoms with Crippen LogP contribution in [-0.4, -0.2) is 10.1 Å². The Kier molecular flexibility index (Phi) is 4.48. The summed E-state index contributed by atoms with van der Waals surface area (Å²) in [5, 5.41) is 20.5. The molecule has 3 nitrogen and oxygen atoms in total. The van der Waals surface area contributed by atoms with Gasteiger partial charge in [0.2, 0.25) is 0 Å². The third kappa shape index (κ3) is 3.09. The van der Waals surface area contributed by atoms with Gasteiger partial charge in [0.05, 0.1) is 16.8 Å². The number of rotatable bonds is 4. The van der Waals surface area contributed by atoms with Crippen molar-refractivity contribution in [2.45, 2.75) is 26.7 Å². The smallest absolute Gasteiger partial charge is 0.116 e. The monoisotopic (exact) mass is 316 g/mol. The van der Waals surface area contributed by atoms with E-state index in [-0.39, 0.29) is 5.75 Å². The number of phenols is 1. The van der Waals surface area contributed by atoms with Crippen molar-refractivity contribution in [2.75, 3.05) is 0 Å². The summed E-state index contributed by atoms with van der Waals surface area (Å²) in [5.74, 6) is 0.731. The largest absolute Gasteiger partial charge is 0.508 e. The number of fused-ring (bicyclic) bond motifs is 1. The molecule has 0 atom stereocenters. The Morgan fingerprint density at radius 1 is 1.12 bits per heavy atom. The second-order valence-electron chi connectivity index (χ2n) is 6.42. The van der Waals surface area contributed by atoms with Gasteiger partial charge in [-0.25, -0.2) is 0 Å². The van der Waals surface area contributed by atoms with Gasteiger partial charge in [-0.2, -0.15) is 5.26 Å². The van der Waals surface area contributed by atoms with Crippen LogP contribution in [0.15, 0.2) is 48.5 Å². The topological polar surface area (TPSA) is 56.9 Å². The van der Waals surface area contributed by atoms with Crippen LogP contribution in [-0.2, 0) is 6.42 Å². The fourth-order valence-electron chi connectivity index (χ4n) is 2.93. The Balaban J connectivity index is 2.32. The SMILES string of the molecule is CC(C)CCc1nc2ccc(O)cc2c(-c2ccccc2)c1C#N. The van der Waals surface area contributed by atoms with E-state index in [1.807, 2.05) is 36.4 Å². The number of benzene rings is 2. The van der Waals surface area contributed by atoms with E-state index in [2.05, 4.69) is 19.9 Å². The molecular weight excluding hydrogens is 296 g/mol. The molecule has 0 aliphatic carbocycles. The Morgan fingerprint density at radius 3 is 2.54 bits per heavy atom.